The number of hydrogen-bond donors (Lipinski definition) is 2. The fourth-order valence-electron chi connectivity index (χ4n) is 2.69. The molecule has 6 nitrogen and oxygen atoms in total. The van der Waals surface area contributed by atoms with E-state index in [0.717, 1.165) is 11.1 Å². The Kier molecular flexibility index (Phi) is 8.73. The van der Waals surface area contributed by atoms with E-state index in [1.165, 1.54) is 0 Å². The molecule has 0 heterocycles. The molecule has 2 N–H and O–H groups in total. The second-order valence-corrected chi connectivity index (χ2v) is 7.63. The first-order chi connectivity index (χ1) is 13.9. The maximum atomic E-state index is 12.5. The van der Waals surface area contributed by atoms with Crippen LogP contribution in [0.25, 0.3) is 0 Å². The van der Waals surface area contributed by atoms with Crippen LogP contribution >= 0.6 is 11.8 Å². The summed E-state index contributed by atoms with van der Waals surface area (Å²) in [7, 11) is 0. The van der Waals surface area contributed by atoms with E-state index in [4.69, 9.17) is 4.74 Å². The van der Waals surface area contributed by atoms with Gasteiger partial charge in [-0.1, -0.05) is 35.9 Å². The lowest BCUT2D eigenvalue weighted by molar-refractivity contribution is -0.149. The molecule has 0 saturated carbocycles. The van der Waals surface area contributed by atoms with Gasteiger partial charge in [-0.05, 0) is 56.0 Å². The molecule has 0 aliphatic rings. The van der Waals surface area contributed by atoms with Gasteiger partial charge in [0.25, 0.3) is 11.8 Å². The first-order valence-corrected chi connectivity index (χ1v) is 10.7. The zero-order valence-corrected chi connectivity index (χ0v) is 17.7. The fourth-order valence-corrected chi connectivity index (χ4v) is 3.16. The molecule has 0 saturated heterocycles. The highest BCUT2D eigenvalue weighted by atomic mass is 32.2. The Morgan fingerprint density at radius 3 is 2.45 bits per heavy atom. The topological polar surface area (TPSA) is 84.5 Å². The van der Waals surface area contributed by atoms with E-state index in [9.17, 15) is 14.4 Å². The van der Waals surface area contributed by atoms with Crippen molar-refractivity contribution in [2.24, 2.45) is 0 Å². The van der Waals surface area contributed by atoms with E-state index in [0.29, 0.717) is 23.4 Å². The van der Waals surface area contributed by atoms with Crippen molar-refractivity contribution in [3.8, 4) is 0 Å². The number of rotatable bonds is 9. The van der Waals surface area contributed by atoms with E-state index < -0.39 is 24.5 Å². The van der Waals surface area contributed by atoms with Gasteiger partial charge in [-0.15, -0.1) is 0 Å². The van der Waals surface area contributed by atoms with Gasteiger partial charge in [-0.25, -0.2) is 4.79 Å². The van der Waals surface area contributed by atoms with Crippen LogP contribution < -0.4 is 10.6 Å². The Labute approximate surface area is 175 Å². The lowest BCUT2D eigenvalue weighted by atomic mass is 10.1. The molecule has 2 aromatic carbocycles. The molecule has 0 aromatic heterocycles. The second-order valence-electron chi connectivity index (χ2n) is 6.65. The molecule has 154 valence electrons. The Morgan fingerprint density at radius 1 is 1.07 bits per heavy atom. The first kappa shape index (κ1) is 22.5. The normalized spacial score (nSPS) is 11.4. The number of aryl methyl sites for hydroxylation is 2. The number of carbonyl (C=O) groups is 3. The molecule has 1 atom stereocenters. The molecule has 2 amide bonds. The highest BCUT2D eigenvalue weighted by molar-refractivity contribution is 7.98. The third-order valence-electron chi connectivity index (χ3n) is 4.24. The van der Waals surface area contributed by atoms with Crippen molar-refractivity contribution < 1.29 is 19.1 Å². The van der Waals surface area contributed by atoms with E-state index in [1.54, 1.807) is 36.0 Å². The molecule has 0 spiro atoms. The molecule has 0 aliphatic heterocycles. The predicted molar refractivity (Wildman–Crippen MR) is 116 cm³/mol. The predicted octanol–water partition coefficient (Wildman–Crippen LogP) is 3.34. The van der Waals surface area contributed by atoms with Crippen LogP contribution in [0.5, 0.6) is 0 Å². The van der Waals surface area contributed by atoms with Crippen LogP contribution in [0.3, 0.4) is 0 Å². The number of ether oxygens (including phenoxy) is 1. The van der Waals surface area contributed by atoms with Gasteiger partial charge in [0, 0.05) is 11.3 Å². The molecule has 0 unspecified atom stereocenters. The first-order valence-electron chi connectivity index (χ1n) is 9.29. The minimum atomic E-state index is -0.816. The van der Waals surface area contributed by atoms with Crippen molar-refractivity contribution in [3.63, 3.8) is 0 Å². The number of anilines is 1. The smallest absolute Gasteiger partial charge is 0.329 e. The van der Waals surface area contributed by atoms with Gasteiger partial charge < -0.3 is 15.4 Å². The summed E-state index contributed by atoms with van der Waals surface area (Å²) in [6.07, 6.45) is 2.33. The summed E-state index contributed by atoms with van der Waals surface area (Å²) in [6.45, 7) is 3.45. The molecule has 0 radical (unpaired) electrons. The van der Waals surface area contributed by atoms with Gasteiger partial charge >= 0.3 is 5.97 Å². The molecule has 29 heavy (non-hydrogen) atoms. The quantitative estimate of drug-likeness (QED) is 0.615. The van der Waals surface area contributed by atoms with Crippen LogP contribution in [-0.4, -0.2) is 42.4 Å². The molecule has 7 heteroatoms. The fraction of sp³-hybridized carbons (Fsp3) is 0.318. The van der Waals surface area contributed by atoms with Crippen LogP contribution in [-0.2, 0) is 14.3 Å². The van der Waals surface area contributed by atoms with Crippen LogP contribution in [0.4, 0.5) is 5.69 Å². The number of hydrogen-bond acceptors (Lipinski definition) is 5. The highest BCUT2D eigenvalue weighted by Gasteiger charge is 2.23. The molecular weight excluding hydrogens is 388 g/mol. The summed E-state index contributed by atoms with van der Waals surface area (Å²) in [6, 6.07) is 13.5. The third kappa shape index (κ3) is 7.27. The third-order valence-corrected chi connectivity index (χ3v) is 4.88. The maximum absolute atomic E-state index is 12.5. The van der Waals surface area contributed by atoms with E-state index in [-0.39, 0.29) is 5.91 Å². The average molecular weight is 415 g/mol. The Bertz CT molecular complexity index is 855. The lowest BCUT2D eigenvalue weighted by Crippen LogP contribution is -2.43. The van der Waals surface area contributed by atoms with E-state index >= 15 is 0 Å². The van der Waals surface area contributed by atoms with Crippen molar-refractivity contribution >= 4 is 35.2 Å². The van der Waals surface area contributed by atoms with Crippen molar-refractivity contribution in [2.75, 3.05) is 23.9 Å². The summed E-state index contributed by atoms with van der Waals surface area (Å²) in [5.41, 5.74) is 3.16. The summed E-state index contributed by atoms with van der Waals surface area (Å²) >= 11 is 1.56. The average Bonchev–Trinajstić information content (AvgIpc) is 2.71. The second kappa shape index (κ2) is 11.3. The summed E-state index contributed by atoms with van der Waals surface area (Å²) < 4.78 is 5.16. The number of thioether (sulfide) groups is 1. The zero-order chi connectivity index (χ0) is 21.2. The minimum absolute atomic E-state index is 0.353. The number of benzene rings is 2. The van der Waals surface area contributed by atoms with E-state index in [1.807, 2.05) is 44.4 Å². The van der Waals surface area contributed by atoms with Gasteiger partial charge in [0.1, 0.15) is 6.04 Å². The molecule has 2 aromatic rings. The highest BCUT2D eigenvalue weighted by Crippen LogP contribution is 2.16. The maximum Gasteiger partial charge on any atom is 0.329 e. The number of amides is 2. The summed E-state index contributed by atoms with van der Waals surface area (Å²) in [5, 5.41) is 5.43. The largest absolute Gasteiger partial charge is 0.454 e. The number of nitrogens with one attached hydrogen (secondary N) is 2. The molecule has 2 rings (SSSR count). The van der Waals surface area contributed by atoms with Gasteiger partial charge in [0.05, 0.1) is 0 Å². The Morgan fingerprint density at radius 2 is 1.79 bits per heavy atom. The number of esters is 1. The van der Waals surface area contributed by atoms with Crippen LogP contribution in [0.15, 0.2) is 48.5 Å². The van der Waals surface area contributed by atoms with E-state index in [2.05, 4.69) is 10.6 Å². The summed E-state index contributed by atoms with van der Waals surface area (Å²) in [5.74, 6) is -0.736. The van der Waals surface area contributed by atoms with Crippen molar-refractivity contribution in [3.05, 3.63) is 65.2 Å². The Balaban J connectivity index is 1.92. The monoisotopic (exact) mass is 414 g/mol. The number of carbonyl (C=O) groups excluding carboxylic acids is 3. The zero-order valence-electron chi connectivity index (χ0n) is 16.9. The van der Waals surface area contributed by atoms with Gasteiger partial charge in [-0.3, -0.25) is 9.59 Å². The van der Waals surface area contributed by atoms with Crippen LogP contribution in [0, 0.1) is 13.8 Å². The molecule has 0 aliphatic carbocycles. The lowest BCUT2D eigenvalue weighted by Gasteiger charge is -2.17. The standard InChI is InChI=1S/C22H26N2O4S/c1-15-9-10-18(16(2)13-15)23-20(25)14-28-22(27)19(11-12-29-3)24-21(26)17-7-5-4-6-8-17/h4-10,13,19H,11-12,14H2,1-3H3,(H,23,25)(H,24,26)/t19-/m0/s1. The van der Waals surface area contributed by atoms with Crippen molar-refractivity contribution in [1.82, 2.24) is 5.32 Å². The summed E-state index contributed by atoms with van der Waals surface area (Å²) in [4.78, 5) is 37.0. The molecular formula is C22H26N2O4S. The molecule has 0 fully saturated rings. The Hall–Kier alpha value is -2.80. The van der Waals surface area contributed by atoms with Gasteiger partial charge in [0.2, 0.25) is 0 Å². The molecule has 0 bridgehead atoms. The van der Waals surface area contributed by atoms with Gasteiger partial charge in [0.15, 0.2) is 6.61 Å². The minimum Gasteiger partial charge on any atom is -0.454 e. The van der Waals surface area contributed by atoms with Crippen molar-refractivity contribution in [1.29, 1.82) is 0 Å². The van der Waals surface area contributed by atoms with Crippen LogP contribution in [0.1, 0.15) is 27.9 Å². The van der Waals surface area contributed by atoms with Gasteiger partial charge in [-0.2, -0.15) is 11.8 Å². The SMILES string of the molecule is CSCC[C@H](NC(=O)c1ccccc1)C(=O)OCC(=O)Nc1ccc(C)cc1C. The van der Waals surface area contributed by atoms with Crippen molar-refractivity contribution in [2.45, 2.75) is 26.3 Å². The van der Waals surface area contributed by atoms with Crippen LogP contribution in [0.2, 0.25) is 0 Å².